The van der Waals surface area contributed by atoms with Gasteiger partial charge in [-0.15, -0.1) is 0 Å². The SMILES string of the molecule is CN(Cc1cc(-c2ccccc2F)n(S(=O)(=O)c2cccnc2)c1)C(=O)N1Cc2ccccc2C(c2ccccc2)C1. The van der Waals surface area contributed by atoms with Gasteiger partial charge in [0.1, 0.15) is 10.7 Å². The molecule has 2 amide bonds. The van der Waals surface area contributed by atoms with E-state index < -0.39 is 15.8 Å². The van der Waals surface area contributed by atoms with Crippen LogP contribution in [0.25, 0.3) is 11.3 Å². The van der Waals surface area contributed by atoms with Crippen molar-refractivity contribution in [1.82, 2.24) is 18.8 Å². The van der Waals surface area contributed by atoms with Gasteiger partial charge in [-0.05, 0) is 52.6 Å². The van der Waals surface area contributed by atoms with Crippen molar-refractivity contribution in [2.24, 2.45) is 0 Å². The van der Waals surface area contributed by atoms with Gasteiger partial charge in [-0.1, -0.05) is 66.7 Å². The molecule has 9 heteroatoms. The highest BCUT2D eigenvalue weighted by Gasteiger charge is 2.31. The van der Waals surface area contributed by atoms with Crippen LogP contribution in [-0.2, 0) is 23.1 Å². The molecule has 0 radical (unpaired) electrons. The van der Waals surface area contributed by atoms with Gasteiger partial charge in [0.15, 0.2) is 0 Å². The van der Waals surface area contributed by atoms with E-state index in [-0.39, 0.29) is 34.6 Å². The molecule has 0 aliphatic carbocycles. The molecule has 42 heavy (non-hydrogen) atoms. The summed E-state index contributed by atoms with van der Waals surface area (Å²) in [6.45, 7) is 1.12. The Morgan fingerprint density at radius 3 is 2.48 bits per heavy atom. The van der Waals surface area contributed by atoms with Gasteiger partial charge in [0.05, 0.1) is 5.69 Å². The van der Waals surface area contributed by atoms with E-state index in [4.69, 9.17) is 0 Å². The Kier molecular flexibility index (Phi) is 7.34. The molecule has 6 rings (SSSR count). The Balaban J connectivity index is 1.31. The quantitative estimate of drug-likeness (QED) is 0.242. The number of benzene rings is 3. The number of rotatable bonds is 6. The average Bonchev–Trinajstić information content (AvgIpc) is 3.45. The van der Waals surface area contributed by atoms with Gasteiger partial charge in [-0.2, -0.15) is 0 Å². The second-order valence-corrected chi connectivity index (χ2v) is 12.2. The van der Waals surface area contributed by atoms with Crippen LogP contribution in [0, 0.1) is 5.82 Å². The molecule has 1 unspecified atom stereocenters. The minimum absolute atomic E-state index is 0.0203. The van der Waals surface area contributed by atoms with Gasteiger partial charge < -0.3 is 9.80 Å². The number of pyridine rings is 1. The number of halogens is 1. The number of carbonyl (C=O) groups excluding carboxylic acids is 1. The van der Waals surface area contributed by atoms with Crippen LogP contribution in [0.15, 0.2) is 121 Å². The summed E-state index contributed by atoms with van der Waals surface area (Å²) < 4.78 is 43.2. The molecule has 3 aromatic carbocycles. The summed E-state index contributed by atoms with van der Waals surface area (Å²) in [5.74, 6) is -0.514. The number of hydrogen-bond acceptors (Lipinski definition) is 4. The normalized spacial score (nSPS) is 14.8. The van der Waals surface area contributed by atoms with E-state index in [0.29, 0.717) is 18.7 Å². The molecule has 0 spiro atoms. The fourth-order valence-electron chi connectivity index (χ4n) is 5.57. The molecule has 2 aromatic heterocycles. The lowest BCUT2D eigenvalue weighted by molar-refractivity contribution is 0.152. The van der Waals surface area contributed by atoms with Crippen molar-refractivity contribution in [3.8, 4) is 11.3 Å². The molecule has 212 valence electrons. The van der Waals surface area contributed by atoms with Crippen molar-refractivity contribution in [2.45, 2.75) is 23.9 Å². The number of hydrogen-bond donors (Lipinski definition) is 0. The van der Waals surface area contributed by atoms with E-state index in [9.17, 15) is 17.6 Å². The van der Waals surface area contributed by atoms with Crippen molar-refractivity contribution in [3.05, 3.63) is 144 Å². The highest BCUT2D eigenvalue weighted by molar-refractivity contribution is 7.90. The number of nitrogens with zero attached hydrogens (tertiary/aromatic N) is 4. The fraction of sp³-hybridized carbons (Fsp3) is 0.152. The van der Waals surface area contributed by atoms with E-state index in [1.807, 2.05) is 35.2 Å². The van der Waals surface area contributed by atoms with E-state index in [1.165, 1.54) is 48.4 Å². The third kappa shape index (κ3) is 5.19. The molecule has 0 fully saturated rings. The van der Waals surface area contributed by atoms with E-state index >= 15 is 0 Å². The molecule has 5 aromatic rings. The van der Waals surface area contributed by atoms with Gasteiger partial charge in [0.25, 0.3) is 10.0 Å². The monoisotopic (exact) mass is 580 g/mol. The van der Waals surface area contributed by atoms with Gasteiger partial charge in [0.2, 0.25) is 0 Å². The first-order valence-electron chi connectivity index (χ1n) is 13.6. The largest absolute Gasteiger partial charge is 0.323 e. The second-order valence-electron chi connectivity index (χ2n) is 10.4. The van der Waals surface area contributed by atoms with Crippen molar-refractivity contribution < 1.29 is 17.6 Å². The average molecular weight is 581 g/mol. The van der Waals surface area contributed by atoms with E-state index in [2.05, 4.69) is 29.2 Å². The number of fused-ring (bicyclic) bond motifs is 1. The number of urea groups is 1. The first-order valence-corrected chi connectivity index (χ1v) is 15.0. The van der Waals surface area contributed by atoms with Crippen LogP contribution in [0.1, 0.15) is 28.2 Å². The maximum atomic E-state index is 14.9. The zero-order valence-corrected chi connectivity index (χ0v) is 23.8. The second kappa shape index (κ2) is 11.3. The Morgan fingerprint density at radius 1 is 0.976 bits per heavy atom. The zero-order chi connectivity index (χ0) is 29.3. The predicted molar refractivity (Wildman–Crippen MR) is 159 cm³/mol. The van der Waals surface area contributed by atoms with Gasteiger partial charge >= 0.3 is 6.03 Å². The highest BCUT2D eigenvalue weighted by Crippen LogP contribution is 2.34. The molecule has 1 aliphatic heterocycles. The standard InChI is InChI=1S/C33H29FN4O3S/c1-36(33(39)37-22-26-12-5-6-14-28(26)30(23-37)25-10-3-2-4-11-25)20-24-18-32(29-15-7-8-16-31(29)34)38(21-24)42(40,41)27-13-9-17-35-19-27/h2-19,21,30H,20,22-23H2,1H3. The van der Waals surface area contributed by atoms with Gasteiger partial charge in [-0.25, -0.2) is 21.6 Å². The minimum Gasteiger partial charge on any atom is -0.323 e. The van der Waals surface area contributed by atoms with Crippen LogP contribution in [0.4, 0.5) is 9.18 Å². The van der Waals surface area contributed by atoms with Gasteiger partial charge in [-0.3, -0.25) is 4.98 Å². The molecule has 0 N–H and O–H groups in total. The molecule has 0 saturated carbocycles. The number of amides is 2. The molecular weight excluding hydrogens is 551 g/mol. The fourth-order valence-corrected chi connectivity index (χ4v) is 6.92. The Morgan fingerprint density at radius 2 is 1.71 bits per heavy atom. The smallest absolute Gasteiger partial charge is 0.320 e. The van der Waals surface area contributed by atoms with E-state index in [0.717, 1.165) is 15.1 Å². The van der Waals surface area contributed by atoms with Crippen LogP contribution >= 0.6 is 0 Å². The number of carbonyl (C=O) groups is 1. The Labute approximate surface area is 244 Å². The lowest BCUT2D eigenvalue weighted by Gasteiger charge is -2.37. The summed E-state index contributed by atoms with van der Waals surface area (Å²) >= 11 is 0. The molecule has 0 saturated heterocycles. The van der Waals surface area contributed by atoms with Crippen molar-refractivity contribution in [1.29, 1.82) is 0 Å². The zero-order valence-electron chi connectivity index (χ0n) is 23.0. The van der Waals surface area contributed by atoms with Crippen molar-refractivity contribution in [3.63, 3.8) is 0 Å². The first-order chi connectivity index (χ1) is 20.3. The van der Waals surface area contributed by atoms with Crippen LogP contribution < -0.4 is 0 Å². The molecule has 1 aliphatic rings. The molecule has 0 bridgehead atoms. The lowest BCUT2D eigenvalue weighted by atomic mass is 9.85. The van der Waals surface area contributed by atoms with Crippen molar-refractivity contribution in [2.75, 3.05) is 13.6 Å². The lowest BCUT2D eigenvalue weighted by Crippen LogP contribution is -2.44. The van der Waals surface area contributed by atoms with Crippen LogP contribution in [0.3, 0.4) is 0 Å². The van der Waals surface area contributed by atoms with E-state index in [1.54, 1.807) is 30.1 Å². The third-order valence-electron chi connectivity index (χ3n) is 7.60. The number of aromatic nitrogens is 2. The van der Waals surface area contributed by atoms with Crippen LogP contribution in [-0.4, -0.2) is 46.8 Å². The minimum atomic E-state index is -4.09. The summed E-state index contributed by atoms with van der Waals surface area (Å²) in [5, 5.41) is 0. The molecule has 3 heterocycles. The van der Waals surface area contributed by atoms with Crippen molar-refractivity contribution >= 4 is 16.1 Å². The molecule has 7 nitrogen and oxygen atoms in total. The summed E-state index contributed by atoms with van der Waals surface area (Å²) in [6.07, 6.45) is 4.19. The summed E-state index contributed by atoms with van der Waals surface area (Å²) in [6, 6.07) is 28.8. The summed E-state index contributed by atoms with van der Waals surface area (Å²) in [4.78, 5) is 21.1. The molecule has 1 atom stereocenters. The third-order valence-corrected chi connectivity index (χ3v) is 9.25. The van der Waals surface area contributed by atoms with Crippen LogP contribution in [0.5, 0.6) is 0 Å². The maximum absolute atomic E-state index is 14.9. The summed E-state index contributed by atoms with van der Waals surface area (Å²) in [7, 11) is -2.40. The summed E-state index contributed by atoms with van der Waals surface area (Å²) in [5.41, 5.74) is 4.30. The first kappa shape index (κ1) is 27.4. The molecular formula is C33H29FN4O3S. The highest BCUT2D eigenvalue weighted by atomic mass is 32.2. The Hall–Kier alpha value is -4.76. The predicted octanol–water partition coefficient (Wildman–Crippen LogP) is 6.13. The van der Waals surface area contributed by atoms with Gasteiger partial charge in [0, 0.05) is 56.8 Å². The maximum Gasteiger partial charge on any atom is 0.320 e. The van der Waals surface area contributed by atoms with Crippen LogP contribution in [0.2, 0.25) is 0 Å². The topological polar surface area (TPSA) is 75.5 Å². The Bertz CT molecular complexity index is 1840.